The van der Waals surface area contributed by atoms with Crippen molar-refractivity contribution in [2.24, 2.45) is 5.92 Å². The van der Waals surface area contributed by atoms with Crippen molar-refractivity contribution >= 4 is 35.1 Å². The number of nitrogens with one attached hydrogen (secondary N) is 3. The number of amides is 1. The molecule has 1 aliphatic heterocycles. The van der Waals surface area contributed by atoms with E-state index in [-0.39, 0.29) is 35.5 Å². The molecule has 1 amide bonds. The van der Waals surface area contributed by atoms with Gasteiger partial charge in [-0.3, -0.25) is 14.4 Å². The highest BCUT2D eigenvalue weighted by Gasteiger charge is 2.48. The van der Waals surface area contributed by atoms with Gasteiger partial charge in [0.25, 0.3) is 5.91 Å². The quantitative estimate of drug-likeness (QED) is 0.107. The summed E-state index contributed by atoms with van der Waals surface area (Å²) < 4.78 is 15.0. The molecule has 3 aromatic heterocycles. The Morgan fingerprint density at radius 1 is 1.00 bits per heavy atom. The van der Waals surface area contributed by atoms with Crippen LogP contribution in [-0.2, 0) is 0 Å². The van der Waals surface area contributed by atoms with E-state index in [0.717, 1.165) is 54.3 Å². The fourth-order valence-corrected chi connectivity index (χ4v) is 6.54. The number of anilines is 2. The Bertz CT molecular complexity index is 1960. The maximum atomic E-state index is 13.8. The summed E-state index contributed by atoms with van der Waals surface area (Å²) in [5, 5.41) is 9.84. The van der Waals surface area contributed by atoms with Crippen molar-refractivity contribution in [1.29, 1.82) is 0 Å². The van der Waals surface area contributed by atoms with Gasteiger partial charge in [-0.1, -0.05) is 36.4 Å². The van der Waals surface area contributed by atoms with E-state index in [1.807, 2.05) is 55.5 Å². The molecule has 2 aromatic carbocycles. The van der Waals surface area contributed by atoms with Gasteiger partial charge in [0.15, 0.2) is 12.1 Å². The molecule has 5 aromatic rings. The number of hydrogen-bond acceptors (Lipinski definition) is 7. The summed E-state index contributed by atoms with van der Waals surface area (Å²) >= 11 is 0. The number of aldehydes is 1. The fraction of sp³-hybridized carbons (Fsp3) is 0.250. The normalized spacial score (nSPS) is 20.7. The van der Waals surface area contributed by atoms with E-state index in [4.69, 9.17) is 0 Å². The van der Waals surface area contributed by atoms with E-state index >= 15 is 0 Å². The molecule has 1 saturated heterocycles. The molecule has 4 heterocycles. The van der Waals surface area contributed by atoms with Gasteiger partial charge < -0.3 is 20.4 Å². The molecule has 0 bridgehead atoms. The number of carbonyl (C=O) groups excluding carboxylic acids is 3. The van der Waals surface area contributed by atoms with Crippen LogP contribution in [0.25, 0.3) is 16.8 Å². The zero-order chi connectivity index (χ0) is 31.8. The lowest BCUT2D eigenvalue weighted by Gasteiger charge is -2.28. The summed E-state index contributed by atoms with van der Waals surface area (Å²) in [5.41, 5.74) is 5.30. The van der Waals surface area contributed by atoms with Crippen LogP contribution in [0, 0.1) is 18.7 Å². The van der Waals surface area contributed by atoms with Crippen LogP contribution in [0.3, 0.4) is 0 Å². The molecule has 0 radical (unpaired) electrons. The lowest BCUT2D eigenvalue weighted by Crippen LogP contribution is -2.38. The van der Waals surface area contributed by atoms with Crippen LogP contribution in [0.4, 0.5) is 15.9 Å². The molecule has 2 atom stereocenters. The Labute approximate surface area is 265 Å². The molecule has 10 heteroatoms. The second-order valence-corrected chi connectivity index (χ2v) is 12.2. The smallest absolute Gasteiger partial charge is 0.271 e. The number of rotatable bonds is 9. The second kappa shape index (κ2) is 12.3. The fourth-order valence-electron chi connectivity index (χ4n) is 6.54. The Balaban J connectivity index is 0.982. The molecule has 232 valence electrons. The van der Waals surface area contributed by atoms with Crippen molar-refractivity contribution in [2.45, 2.75) is 50.7 Å². The average molecular weight is 617 g/mol. The first kappa shape index (κ1) is 29.5. The molecular weight excluding hydrogens is 583 g/mol. The van der Waals surface area contributed by atoms with E-state index < -0.39 is 5.82 Å². The summed E-state index contributed by atoms with van der Waals surface area (Å²) in [6, 6.07) is 19.7. The average Bonchev–Trinajstić information content (AvgIpc) is 3.76. The molecule has 1 unspecified atom stereocenters. The maximum absolute atomic E-state index is 13.8. The Hall–Kier alpha value is -5.22. The number of aromatic nitrogens is 3. The van der Waals surface area contributed by atoms with Crippen LogP contribution in [-0.4, -0.2) is 50.5 Å². The minimum absolute atomic E-state index is 0.00451. The zero-order valence-corrected chi connectivity index (χ0v) is 25.2. The number of benzene rings is 2. The number of carbonyl (C=O) groups is 3. The van der Waals surface area contributed by atoms with Gasteiger partial charge >= 0.3 is 0 Å². The third-order valence-corrected chi connectivity index (χ3v) is 8.98. The molecule has 2 fully saturated rings. The van der Waals surface area contributed by atoms with Crippen molar-refractivity contribution in [3.63, 3.8) is 0 Å². The van der Waals surface area contributed by atoms with Crippen molar-refractivity contribution in [3.05, 3.63) is 114 Å². The Kier molecular flexibility index (Phi) is 7.88. The van der Waals surface area contributed by atoms with Crippen LogP contribution in [0.15, 0.2) is 85.3 Å². The first-order valence-electron chi connectivity index (χ1n) is 15.5. The van der Waals surface area contributed by atoms with Gasteiger partial charge in [-0.05, 0) is 85.5 Å². The number of Topliss-reactive ketones (excluding diaryl/α,β-unsaturated/α-hetero) is 1. The maximum Gasteiger partial charge on any atom is 0.271 e. The van der Waals surface area contributed by atoms with Gasteiger partial charge in [-0.2, -0.15) is 0 Å². The molecule has 1 saturated carbocycles. The molecule has 0 spiro atoms. The number of hydrogen-bond donors (Lipinski definition) is 3. The summed E-state index contributed by atoms with van der Waals surface area (Å²) in [6.07, 6.45) is 8.80. The van der Waals surface area contributed by atoms with Gasteiger partial charge in [0.1, 0.15) is 23.0 Å². The largest absolute Gasteiger partial charge is 0.348 e. The number of fused-ring (bicyclic) bond motifs is 1. The van der Waals surface area contributed by atoms with Crippen molar-refractivity contribution in [2.75, 3.05) is 5.32 Å². The van der Waals surface area contributed by atoms with Gasteiger partial charge in [-0.25, -0.2) is 14.4 Å². The molecule has 7 rings (SSSR count). The molecule has 2 aliphatic rings. The molecule has 3 N–H and O–H groups in total. The van der Waals surface area contributed by atoms with Crippen molar-refractivity contribution in [1.82, 2.24) is 25.0 Å². The van der Waals surface area contributed by atoms with Gasteiger partial charge in [0, 0.05) is 41.9 Å². The van der Waals surface area contributed by atoms with Crippen LogP contribution < -0.4 is 16.0 Å². The van der Waals surface area contributed by atoms with Crippen LogP contribution in [0.2, 0.25) is 0 Å². The summed E-state index contributed by atoms with van der Waals surface area (Å²) in [4.78, 5) is 47.1. The topological polar surface area (TPSA) is 127 Å². The van der Waals surface area contributed by atoms with Gasteiger partial charge in [0.2, 0.25) is 0 Å². The number of nitrogens with zero attached hydrogens (tertiary/aromatic N) is 3. The predicted molar refractivity (Wildman–Crippen MR) is 173 cm³/mol. The monoisotopic (exact) mass is 616 g/mol. The zero-order valence-electron chi connectivity index (χ0n) is 25.2. The number of pyridine rings is 2. The minimum Gasteiger partial charge on any atom is -0.348 e. The Morgan fingerprint density at radius 2 is 1.83 bits per heavy atom. The van der Waals surface area contributed by atoms with E-state index in [2.05, 4.69) is 25.9 Å². The Morgan fingerprint density at radius 3 is 2.65 bits per heavy atom. The predicted octanol–water partition coefficient (Wildman–Crippen LogP) is 5.91. The standard InChI is InChI=1S/C36H33FN6O3/c1-21-15-29(35(38-17-21)39-27-7-4-6-23(16-27)28-8-3-2-5-24(28)20-44)34(45)33-32(42-33)22-9-12-26(13-10-22)40-36(46)30-19-43-18-25(37)11-14-31(43)41-30/h2-8,11,14-20,22,26,32-33,42H,9-10,12-13H2,1H3,(H,38,39)(H,40,46)/t22?,26?,32-,33?/m1/s1. The summed E-state index contributed by atoms with van der Waals surface area (Å²) in [7, 11) is 0. The second-order valence-electron chi connectivity index (χ2n) is 12.2. The number of imidazole rings is 1. The van der Waals surface area contributed by atoms with Gasteiger partial charge in [-0.15, -0.1) is 0 Å². The lowest BCUT2D eigenvalue weighted by atomic mass is 9.82. The summed E-state index contributed by atoms with van der Waals surface area (Å²) in [5.74, 6) is 0.157. The molecule has 1 aliphatic carbocycles. The number of ketones is 1. The molecule has 9 nitrogen and oxygen atoms in total. The number of halogens is 1. The molecule has 46 heavy (non-hydrogen) atoms. The molecular formula is C36H33FN6O3. The highest BCUT2D eigenvalue weighted by Crippen LogP contribution is 2.36. The third-order valence-electron chi connectivity index (χ3n) is 8.98. The van der Waals surface area contributed by atoms with E-state index in [1.54, 1.807) is 12.3 Å². The third kappa shape index (κ3) is 6.03. The van der Waals surface area contributed by atoms with Crippen LogP contribution in [0.5, 0.6) is 0 Å². The van der Waals surface area contributed by atoms with Crippen LogP contribution >= 0.6 is 0 Å². The minimum atomic E-state index is -0.393. The first-order valence-corrected chi connectivity index (χ1v) is 15.5. The van der Waals surface area contributed by atoms with Crippen molar-refractivity contribution in [3.8, 4) is 11.1 Å². The van der Waals surface area contributed by atoms with E-state index in [0.29, 0.717) is 28.5 Å². The highest BCUT2D eigenvalue weighted by atomic mass is 19.1. The summed E-state index contributed by atoms with van der Waals surface area (Å²) in [6.45, 7) is 1.92. The van der Waals surface area contributed by atoms with E-state index in [9.17, 15) is 18.8 Å². The first-order chi connectivity index (χ1) is 22.4. The lowest BCUT2D eigenvalue weighted by molar-refractivity contribution is 0.0917. The SMILES string of the molecule is Cc1cnc(Nc2cccc(-c3ccccc3C=O)c2)c(C(=O)C2N[C@@H]2C2CCC(NC(=O)c3cn4cc(F)ccc4n3)CC2)c1. The van der Waals surface area contributed by atoms with Crippen molar-refractivity contribution < 1.29 is 18.8 Å². The van der Waals surface area contributed by atoms with Gasteiger partial charge in [0.05, 0.1) is 11.6 Å². The van der Waals surface area contributed by atoms with Crippen LogP contribution in [0.1, 0.15) is 62.5 Å². The van der Waals surface area contributed by atoms with E-state index in [1.165, 1.54) is 28.9 Å². The number of aryl methyl sites for hydroxylation is 1. The highest BCUT2D eigenvalue weighted by molar-refractivity contribution is 6.06.